The Morgan fingerprint density at radius 2 is 1.98 bits per heavy atom. The molecule has 0 bridgehead atoms. The number of halogens is 4. The number of benzene rings is 2. The van der Waals surface area contributed by atoms with Gasteiger partial charge in [-0.05, 0) is 66.7 Å². The van der Waals surface area contributed by atoms with Crippen molar-refractivity contribution in [2.45, 2.75) is 13.1 Å². The summed E-state index contributed by atoms with van der Waals surface area (Å²) < 4.78 is 68.8. The van der Waals surface area contributed by atoms with Gasteiger partial charge in [0.1, 0.15) is 0 Å². The molecular formula is C27H23ClF3N5O6S2. The van der Waals surface area contributed by atoms with Gasteiger partial charge in [0.25, 0.3) is 15.9 Å². The van der Waals surface area contributed by atoms with Crippen molar-refractivity contribution in [3.05, 3.63) is 64.2 Å². The number of nitrogens with one attached hydrogen (secondary N) is 1. The van der Waals surface area contributed by atoms with E-state index >= 15 is 0 Å². The summed E-state index contributed by atoms with van der Waals surface area (Å²) in [4.78, 5) is 39.7. The lowest BCUT2D eigenvalue weighted by atomic mass is 10.1. The van der Waals surface area contributed by atoms with Gasteiger partial charge in [0.2, 0.25) is 0 Å². The zero-order valence-corrected chi connectivity index (χ0v) is 25.2. The molecule has 5 rings (SSSR count). The van der Waals surface area contributed by atoms with Crippen LogP contribution in [-0.2, 0) is 29.2 Å². The van der Waals surface area contributed by atoms with E-state index in [4.69, 9.17) is 16.3 Å². The molecule has 3 heterocycles. The molecule has 2 saturated heterocycles. The molecule has 1 aromatic heterocycles. The average Bonchev–Trinajstić information content (AvgIpc) is 3.34. The molecule has 2 aliphatic heterocycles. The minimum absolute atomic E-state index is 0.0119. The van der Waals surface area contributed by atoms with Crippen LogP contribution in [0, 0.1) is 0 Å². The molecule has 0 spiro atoms. The highest BCUT2D eigenvalue weighted by molar-refractivity contribution is 8.18. The average molecular weight is 670 g/mol. The van der Waals surface area contributed by atoms with E-state index in [1.807, 2.05) is 24.3 Å². The molecule has 3 aromatic rings. The first-order valence-corrected chi connectivity index (χ1v) is 15.8. The summed E-state index contributed by atoms with van der Waals surface area (Å²) in [5, 5.41) is 3.56. The fourth-order valence-corrected chi connectivity index (χ4v) is 6.12. The highest BCUT2D eigenvalue weighted by atomic mass is 35.5. The highest BCUT2D eigenvalue weighted by Gasteiger charge is 2.44. The van der Waals surface area contributed by atoms with Crippen molar-refractivity contribution in [1.29, 1.82) is 0 Å². The predicted molar refractivity (Wildman–Crippen MR) is 161 cm³/mol. The Labute approximate surface area is 258 Å². The first-order valence-electron chi connectivity index (χ1n) is 13.0. The summed E-state index contributed by atoms with van der Waals surface area (Å²) in [5.41, 5.74) is 1.96. The first-order chi connectivity index (χ1) is 20.9. The monoisotopic (exact) mass is 669 g/mol. The number of amides is 1. The molecule has 232 valence electrons. The number of aromatic nitrogens is 1. The molecule has 2 aliphatic rings. The van der Waals surface area contributed by atoms with E-state index < -0.39 is 39.5 Å². The summed E-state index contributed by atoms with van der Waals surface area (Å²) in [6, 6.07) is 10.8. The van der Waals surface area contributed by atoms with Crippen molar-refractivity contribution in [3.8, 4) is 0 Å². The van der Waals surface area contributed by atoms with E-state index in [0.29, 0.717) is 18.1 Å². The lowest BCUT2D eigenvalue weighted by molar-refractivity contribution is -0.199. The van der Waals surface area contributed by atoms with Crippen LogP contribution in [0.3, 0.4) is 0 Å². The Hall–Kier alpha value is -3.86. The number of rotatable bonds is 7. The number of ether oxygens (including phenoxy) is 1. The maximum atomic E-state index is 12.8. The van der Waals surface area contributed by atoms with E-state index in [-0.39, 0.29) is 20.3 Å². The van der Waals surface area contributed by atoms with Gasteiger partial charge in [-0.3, -0.25) is 9.78 Å². The third-order valence-electron chi connectivity index (χ3n) is 6.42. The zero-order chi connectivity index (χ0) is 31.6. The summed E-state index contributed by atoms with van der Waals surface area (Å²) in [7, 11) is -4.50. The molecule has 17 heteroatoms. The third-order valence-corrected chi connectivity index (χ3v) is 9.17. The molecule has 1 amide bonds. The molecule has 1 N–H and O–H groups in total. The Morgan fingerprint density at radius 3 is 2.68 bits per heavy atom. The molecule has 44 heavy (non-hydrogen) atoms. The number of aliphatic imine (C=N–C) groups is 1. The third kappa shape index (κ3) is 6.93. The lowest BCUT2D eigenvalue weighted by Gasteiger charge is -2.29. The second kappa shape index (κ2) is 12.6. The molecular weight excluding hydrogens is 647 g/mol. The van der Waals surface area contributed by atoms with Gasteiger partial charge in [-0.25, -0.2) is 18.2 Å². The SMILES string of the molecule is CCS(=O)(=O)N(OC(=O)C(F)(F)F)c1ccc(Cl)c(N=C2NC(=O)C(=Cc3ccc4nccc(N5CCOCC5)c4c3)S2)c1. The van der Waals surface area contributed by atoms with Gasteiger partial charge < -0.3 is 19.8 Å². The molecule has 2 aromatic carbocycles. The van der Waals surface area contributed by atoms with Gasteiger partial charge in [-0.1, -0.05) is 22.1 Å². The number of nitrogens with zero attached hydrogens (tertiary/aromatic N) is 4. The van der Waals surface area contributed by atoms with Gasteiger partial charge in [0, 0.05) is 30.4 Å². The number of hydrogen-bond donors (Lipinski definition) is 1. The van der Waals surface area contributed by atoms with Crippen LogP contribution in [-0.4, -0.2) is 68.7 Å². The standard InChI is InChI=1S/C27H23ClF3N5O6S2/c1-2-44(39,40)36(42-25(38)27(29,30)31)17-4-5-19(28)21(15-17)33-26-34-24(37)23(43-26)14-16-3-6-20-18(13-16)22(7-8-32-20)35-9-11-41-12-10-35/h3-8,13-15H,2,9-12H2,1H3,(H,33,34,37). The van der Waals surface area contributed by atoms with Crippen LogP contribution in [0.1, 0.15) is 12.5 Å². The second-order valence-corrected chi connectivity index (χ2v) is 12.8. The van der Waals surface area contributed by atoms with Crippen LogP contribution in [0.15, 0.2) is 58.6 Å². The fourth-order valence-electron chi connectivity index (χ4n) is 4.28. The predicted octanol–water partition coefficient (Wildman–Crippen LogP) is 4.79. The van der Waals surface area contributed by atoms with Gasteiger partial charge >= 0.3 is 12.1 Å². The summed E-state index contributed by atoms with van der Waals surface area (Å²) in [5.74, 6) is -3.87. The highest BCUT2D eigenvalue weighted by Crippen LogP contribution is 2.36. The Balaban J connectivity index is 1.43. The van der Waals surface area contributed by atoms with Gasteiger partial charge in [-0.2, -0.15) is 13.2 Å². The lowest BCUT2D eigenvalue weighted by Crippen LogP contribution is -2.39. The fraction of sp³-hybridized carbons (Fsp3) is 0.259. The van der Waals surface area contributed by atoms with Crippen LogP contribution in [0.2, 0.25) is 5.02 Å². The van der Waals surface area contributed by atoms with Crippen molar-refractivity contribution in [2.75, 3.05) is 41.4 Å². The van der Waals surface area contributed by atoms with Crippen LogP contribution in [0.5, 0.6) is 0 Å². The first kappa shape index (κ1) is 31.6. The minimum Gasteiger partial charge on any atom is -0.378 e. The van der Waals surface area contributed by atoms with E-state index in [1.54, 1.807) is 12.3 Å². The number of sulfonamides is 1. The number of anilines is 2. The van der Waals surface area contributed by atoms with Gasteiger partial charge in [0.15, 0.2) is 5.17 Å². The normalized spacial score (nSPS) is 17.8. The van der Waals surface area contributed by atoms with E-state index in [9.17, 15) is 31.2 Å². The van der Waals surface area contributed by atoms with Crippen molar-refractivity contribution in [1.82, 2.24) is 10.3 Å². The summed E-state index contributed by atoms with van der Waals surface area (Å²) >= 11 is 7.20. The van der Waals surface area contributed by atoms with Crippen molar-refractivity contribution in [3.63, 3.8) is 0 Å². The number of fused-ring (bicyclic) bond motifs is 1. The molecule has 0 aliphatic carbocycles. The second-order valence-electron chi connectivity index (χ2n) is 9.33. The van der Waals surface area contributed by atoms with Crippen molar-refractivity contribution in [2.24, 2.45) is 4.99 Å². The maximum Gasteiger partial charge on any atom is 0.493 e. The van der Waals surface area contributed by atoms with E-state index in [2.05, 4.69) is 25.0 Å². The summed E-state index contributed by atoms with van der Waals surface area (Å²) in [6.07, 6.45) is -2.04. The Morgan fingerprint density at radius 1 is 1.23 bits per heavy atom. The molecule has 11 nitrogen and oxygen atoms in total. The van der Waals surface area contributed by atoms with Crippen LogP contribution < -0.4 is 14.7 Å². The number of pyridine rings is 1. The largest absolute Gasteiger partial charge is 0.493 e. The molecule has 0 atom stereocenters. The van der Waals surface area contributed by atoms with Gasteiger partial charge in [0.05, 0.1) is 45.8 Å². The van der Waals surface area contributed by atoms with Crippen LogP contribution in [0.25, 0.3) is 17.0 Å². The van der Waals surface area contributed by atoms with Gasteiger partial charge in [-0.15, -0.1) is 0 Å². The Kier molecular flexibility index (Phi) is 9.06. The van der Waals surface area contributed by atoms with E-state index in [0.717, 1.165) is 66.1 Å². The quantitative estimate of drug-likeness (QED) is 0.279. The molecule has 0 radical (unpaired) electrons. The number of thioether (sulfide) groups is 1. The number of alkyl halides is 3. The Bertz CT molecular complexity index is 1800. The topological polar surface area (TPSA) is 130 Å². The number of carbonyl (C=O) groups is 2. The number of morpholine rings is 1. The number of hydrogen-bond acceptors (Lipinski definition) is 10. The van der Waals surface area contributed by atoms with Crippen LogP contribution in [0.4, 0.5) is 30.2 Å². The smallest absolute Gasteiger partial charge is 0.378 e. The summed E-state index contributed by atoms with van der Waals surface area (Å²) in [6.45, 7) is 3.86. The van der Waals surface area contributed by atoms with Crippen LogP contribution >= 0.6 is 23.4 Å². The molecule has 0 saturated carbocycles. The minimum atomic E-state index is -5.45. The number of carbonyl (C=O) groups excluding carboxylic acids is 2. The van der Waals surface area contributed by atoms with Crippen molar-refractivity contribution >= 4 is 84.5 Å². The maximum absolute atomic E-state index is 12.8. The molecule has 0 unspecified atom stereocenters. The van der Waals surface area contributed by atoms with Crippen molar-refractivity contribution < 1.29 is 40.8 Å². The zero-order valence-electron chi connectivity index (χ0n) is 22.8. The number of amidine groups is 1. The molecule has 2 fully saturated rings. The van der Waals surface area contributed by atoms with E-state index in [1.165, 1.54) is 6.07 Å².